The van der Waals surface area contributed by atoms with Crippen LogP contribution < -0.4 is 0 Å². The van der Waals surface area contributed by atoms with Crippen molar-refractivity contribution in [2.75, 3.05) is 26.8 Å². The first kappa shape index (κ1) is 22.9. The smallest absolute Gasteiger partial charge is 0.249 e. The van der Waals surface area contributed by atoms with E-state index in [2.05, 4.69) is 0 Å². The Hall–Kier alpha value is -2.32. The minimum Gasteiger partial charge on any atom is -0.467 e. The van der Waals surface area contributed by atoms with Crippen molar-refractivity contribution in [3.8, 4) is 0 Å². The molecule has 1 aliphatic heterocycles. The minimum absolute atomic E-state index is 0.0932. The number of rotatable bonds is 7. The Morgan fingerprint density at radius 3 is 2.81 bits per heavy atom. The van der Waals surface area contributed by atoms with Gasteiger partial charge in [-0.15, -0.1) is 11.3 Å². The Balaban J connectivity index is 1.63. The summed E-state index contributed by atoms with van der Waals surface area (Å²) in [6, 6.07) is 10.5. The summed E-state index contributed by atoms with van der Waals surface area (Å²) < 4.78 is 10.4. The molecule has 4 rings (SSSR count). The Bertz CT molecular complexity index is 1100. The predicted molar refractivity (Wildman–Crippen MR) is 124 cm³/mol. The number of amides is 2. The van der Waals surface area contributed by atoms with Gasteiger partial charge in [-0.05, 0) is 53.3 Å². The molecule has 0 aliphatic carbocycles. The largest absolute Gasteiger partial charge is 0.467 e. The maximum atomic E-state index is 13.5. The fraction of sp³-hybridized carbons (Fsp3) is 0.304. The van der Waals surface area contributed by atoms with Crippen molar-refractivity contribution < 1.29 is 18.7 Å². The summed E-state index contributed by atoms with van der Waals surface area (Å²) in [6.07, 6.45) is 2.29. The van der Waals surface area contributed by atoms with Crippen LogP contribution in [0, 0.1) is 0 Å². The van der Waals surface area contributed by atoms with Gasteiger partial charge in [-0.3, -0.25) is 9.59 Å². The first-order valence-electron chi connectivity index (χ1n) is 10.1. The number of carbonyl (C=O) groups is 2. The van der Waals surface area contributed by atoms with Gasteiger partial charge >= 0.3 is 0 Å². The highest BCUT2D eigenvalue weighted by Crippen LogP contribution is 2.41. The van der Waals surface area contributed by atoms with Crippen LogP contribution in [0.5, 0.6) is 0 Å². The van der Waals surface area contributed by atoms with Gasteiger partial charge < -0.3 is 19.0 Å². The highest BCUT2D eigenvalue weighted by atomic mass is 35.5. The van der Waals surface area contributed by atoms with Gasteiger partial charge in [-0.1, -0.05) is 29.3 Å². The molecule has 6 nitrogen and oxygen atoms in total. The van der Waals surface area contributed by atoms with Gasteiger partial charge in [0.15, 0.2) is 0 Å². The SMILES string of the molecule is COCC(=O)N(CC(=O)N1CCc2sccc2C1c1ccc(Cl)cc1Cl)Cc1ccco1. The van der Waals surface area contributed by atoms with Gasteiger partial charge in [0.05, 0.1) is 18.8 Å². The number of fused-ring (bicyclic) bond motifs is 1. The molecule has 1 aromatic carbocycles. The molecule has 1 unspecified atom stereocenters. The second-order valence-corrected chi connectivity index (χ2v) is 9.31. The number of hydrogen-bond acceptors (Lipinski definition) is 5. The number of methoxy groups -OCH3 is 1. The number of carbonyl (C=O) groups excluding carboxylic acids is 2. The van der Waals surface area contributed by atoms with E-state index in [1.807, 2.05) is 17.5 Å². The van der Waals surface area contributed by atoms with E-state index in [1.165, 1.54) is 23.2 Å². The van der Waals surface area contributed by atoms with Crippen LogP contribution in [0.2, 0.25) is 10.0 Å². The number of hydrogen-bond donors (Lipinski definition) is 0. The average molecular weight is 493 g/mol. The van der Waals surface area contributed by atoms with E-state index >= 15 is 0 Å². The van der Waals surface area contributed by atoms with Crippen LogP contribution in [0.25, 0.3) is 0 Å². The summed E-state index contributed by atoms with van der Waals surface area (Å²) in [4.78, 5) is 30.6. The lowest BCUT2D eigenvalue weighted by Gasteiger charge is -2.38. The molecule has 9 heteroatoms. The number of benzene rings is 1. The van der Waals surface area contributed by atoms with E-state index in [1.54, 1.807) is 40.5 Å². The van der Waals surface area contributed by atoms with E-state index in [-0.39, 0.29) is 37.6 Å². The number of ether oxygens (including phenoxy) is 1. The molecule has 1 aliphatic rings. The lowest BCUT2D eigenvalue weighted by atomic mass is 9.93. The lowest BCUT2D eigenvalue weighted by molar-refractivity contribution is -0.144. The molecular formula is C23H22Cl2N2O4S. The summed E-state index contributed by atoms with van der Waals surface area (Å²) in [7, 11) is 1.45. The molecule has 3 aromatic rings. The number of thiophene rings is 1. The molecule has 0 N–H and O–H groups in total. The lowest BCUT2D eigenvalue weighted by Crippen LogP contribution is -2.47. The fourth-order valence-electron chi connectivity index (χ4n) is 3.94. The van der Waals surface area contributed by atoms with Crippen molar-refractivity contribution in [3.05, 3.63) is 79.9 Å². The van der Waals surface area contributed by atoms with Crippen LogP contribution in [0.3, 0.4) is 0 Å². The van der Waals surface area contributed by atoms with Gasteiger partial charge in [0.1, 0.15) is 18.9 Å². The van der Waals surface area contributed by atoms with Gasteiger partial charge in [0, 0.05) is 28.6 Å². The fourth-order valence-corrected chi connectivity index (χ4v) is 5.35. The van der Waals surface area contributed by atoms with E-state index in [4.69, 9.17) is 32.4 Å². The van der Waals surface area contributed by atoms with Crippen molar-refractivity contribution in [2.45, 2.75) is 19.0 Å². The van der Waals surface area contributed by atoms with E-state index in [0.29, 0.717) is 22.4 Å². The second kappa shape index (κ2) is 10.1. The molecule has 0 saturated carbocycles. The van der Waals surface area contributed by atoms with Crippen molar-refractivity contribution in [1.29, 1.82) is 0 Å². The minimum atomic E-state index is -0.342. The number of nitrogens with zero attached hydrogens (tertiary/aromatic N) is 2. The summed E-state index contributed by atoms with van der Waals surface area (Å²) in [6.45, 7) is 0.507. The number of furan rings is 1. The Kier molecular flexibility index (Phi) is 7.20. The van der Waals surface area contributed by atoms with Crippen LogP contribution >= 0.6 is 34.5 Å². The van der Waals surface area contributed by atoms with E-state index in [9.17, 15) is 9.59 Å². The maximum absolute atomic E-state index is 13.5. The first-order valence-corrected chi connectivity index (χ1v) is 11.7. The zero-order chi connectivity index (χ0) is 22.7. The monoisotopic (exact) mass is 492 g/mol. The van der Waals surface area contributed by atoms with E-state index in [0.717, 1.165) is 17.5 Å². The van der Waals surface area contributed by atoms with Gasteiger partial charge in [0.25, 0.3) is 0 Å². The van der Waals surface area contributed by atoms with Gasteiger partial charge in [-0.2, -0.15) is 0 Å². The quantitative estimate of drug-likeness (QED) is 0.475. The van der Waals surface area contributed by atoms with Crippen molar-refractivity contribution in [1.82, 2.24) is 9.80 Å². The molecule has 3 heterocycles. The Morgan fingerprint density at radius 1 is 1.25 bits per heavy atom. The summed E-state index contributed by atoms with van der Waals surface area (Å²) >= 11 is 14.3. The zero-order valence-electron chi connectivity index (χ0n) is 17.4. The first-order chi connectivity index (χ1) is 15.5. The second-order valence-electron chi connectivity index (χ2n) is 7.47. The topological polar surface area (TPSA) is 63.0 Å². The molecule has 0 bridgehead atoms. The molecule has 0 radical (unpaired) electrons. The third-order valence-corrected chi connectivity index (χ3v) is 6.98. The normalized spacial score (nSPS) is 15.5. The summed E-state index contributed by atoms with van der Waals surface area (Å²) in [5, 5.41) is 3.07. The molecule has 1 atom stereocenters. The van der Waals surface area contributed by atoms with Crippen LogP contribution in [0.4, 0.5) is 0 Å². The van der Waals surface area contributed by atoms with Crippen LogP contribution in [0.15, 0.2) is 52.5 Å². The van der Waals surface area contributed by atoms with Crippen molar-refractivity contribution in [2.24, 2.45) is 0 Å². The van der Waals surface area contributed by atoms with Crippen LogP contribution in [-0.2, 0) is 27.3 Å². The van der Waals surface area contributed by atoms with Crippen LogP contribution in [0.1, 0.15) is 27.8 Å². The standard InChI is InChI=1S/C23H22Cl2N2O4S/c1-30-14-22(29)26(12-16-3-2-9-31-16)13-21(28)27-8-6-20-18(7-10-32-20)23(27)17-5-4-15(24)11-19(17)25/h2-5,7,9-11,23H,6,8,12-14H2,1H3. The van der Waals surface area contributed by atoms with Crippen molar-refractivity contribution >= 4 is 46.4 Å². The zero-order valence-corrected chi connectivity index (χ0v) is 19.8. The molecule has 2 amide bonds. The molecule has 0 fully saturated rings. The highest BCUT2D eigenvalue weighted by Gasteiger charge is 2.35. The molecule has 2 aromatic heterocycles. The van der Waals surface area contributed by atoms with Crippen molar-refractivity contribution in [3.63, 3.8) is 0 Å². The van der Waals surface area contributed by atoms with Gasteiger partial charge in [0.2, 0.25) is 11.8 Å². The van der Waals surface area contributed by atoms with E-state index < -0.39 is 0 Å². The third-order valence-electron chi connectivity index (χ3n) is 5.42. The summed E-state index contributed by atoms with van der Waals surface area (Å²) in [5.41, 5.74) is 1.86. The highest BCUT2D eigenvalue weighted by molar-refractivity contribution is 7.10. The molecular weight excluding hydrogens is 471 g/mol. The average Bonchev–Trinajstić information content (AvgIpc) is 3.45. The molecule has 32 heavy (non-hydrogen) atoms. The molecule has 0 spiro atoms. The summed E-state index contributed by atoms with van der Waals surface area (Å²) in [5.74, 6) is 0.138. The molecule has 168 valence electrons. The van der Waals surface area contributed by atoms with Crippen LogP contribution in [-0.4, -0.2) is 48.4 Å². The number of halogens is 2. The Morgan fingerprint density at radius 2 is 2.09 bits per heavy atom. The Labute approximate surface area is 200 Å². The maximum Gasteiger partial charge on any atom is 0.249 e. The third kappa shape index (κ3) is 4.86. The molecule has 0 saturated heterocycles. The predicted octanol–water partition coefficient (Wildman–Crippen LogP) is 4.80. The van der Waals surface area contributed by atoms with Gasteiger partial charge in [-0.25, -0.2) is 0 Å².